The monoisotopic (exact) mass is 342 g/mol. The van der Waals surface area contributed by atoms with Crippen LogP contribution in [0, 0.1) is 0 Å². The number of hydrogen-bond acceptors (Lipinski definition) is 6. The number of amides is 2. The van der Waals surface area contributed by atoms with Gasteiger partial charge in [0.05, 0.1) is 19.3 Å². The van der Waals surface area contributed by atoms with Crippen LogP contribution in [0.5, 0.6) is 5.88 Å². The lowest BCUT2D eigenvalue weighted by Gasteiger charge is -2.33. The highest BCUT2D eigenvalue weighted by Gasteiger charge is 2.22. The molecule has 3 rings (SSSR count). The Bertz CT molecular complexity index is 697. The van der Waals surface area contributed by atoms with Gasteiger partial charge in [-0.15, -0.1) is 0 Å². The van der Waals surface area contributed by atoms with Crippen LogP contribution < -0.4 is 20.3 Å². The summed E-state index contributed by atoms with van der Waals surface area (Å²) in [6.45, 7) is 1.95. The molecular weight excluding hydrogens is 320 g/mol. The highest BCUT2D eigenvalue weighted by atomic mass is 16.5. The summed E-state index contributed by atoms with van der Waals surface area (Å²) in [5.41, 5.74) is 0.748. The maximum atomic E-state index is 12.2. The smallest absolute Gasteiger partial charge is 0.315 e. The Morgan fingerprint density at radius 3 is 2.96 bits per heavy atom. The number of pyridine rings is 1. The SMILES string of the molecule is COc1cccc(CNC(=O)N[C@@H]2CCCN(c3ncccn3)C2)n1. The van der Waals surface area contributed by atoms with Crippen LogP contribution in [0.15, 0.2) is 36.7 Å². The second-order valence-corrected chi connectivity index (χ2v) is 5.83. The van der Waals surface area contributed by atoms with Crippen LogP contribution in [-0.2, 0) is 6.54 Å². The molecule has 2 N–H and O–H groups in total. The summed E-state index contributed by atoms with van der Waals surface area (Å²) in [6.07, 6.45) is 5.38. The number of aromatic nitrogens is 3. The first-order valence-electron chi connectivity index (χ1n) is 8.31. The van der Waals surface area contributed by atoms with Gasteiger partial charge >= 0.3 is 6.03 Å². The van der Waals surface area contributed by atoms with Crippen LogP contribution in [0.2, 0.25) is 0 Å². The number of carbonyl (C=O) groups is 1. The van der Waals surface area contributed by atoms with Crippen molar-refractivity contribution in [2.75, 3.05) is 25.1 Å². The minimum atomic E-state index is -0.203. The van der Waals surface area contributed by atoms with Gasteiger partial charge in [0.1, 0.15) is 0 Å². The van der Waals surface area contributed by atoms with Gasteiger partial charge in [0.15, 0.2) is 0 Å². The van der Waals surface area contributed by atoms with Crippen LogP contribution in [0.1, 0.15) is 18.5 Å². The third-order valence-corrected chi connectivity index (χ3v) is 4.01. The summed E-state index contributed by atoms with van der Waals surface area (Å²) in [7, 11) is 1.57. The van der Waals surface area contributed by atoms with E-state index in [-0.39, 0.29) is 12.1 Å². The topological polar surface area (TPSA) is 92.3 Å². The Morgan fingerprint density at radius 1 is 1.32 bits per heavy atom. The summed E-state index contributed by atoms with van der Waals surface area (Å²) >= 11 is 0. The fraction of sp³-hybridized carbons (Fsp3) is 0.412. The molecule has 2 aromatic heterocycles. The van der Waals surface area contributed by atoms with E-state index < -0.39 is 0 Å². The Morgan fingerprint density at radius 2 is 2.16 bits per heavy atom. The van der Waals surface area contributed by atoms with Crippen molar-refractivity contribution in [3.05, 3.63) is 42.4 Å². The first-order valence-corrected chi connectivity index (χ1v) is 8.31. The van der Waals surface area contributed by atoms with Gasteiger partial charge in [-0.2, -0.15) is 0 Å². The second kappa shape index (κ2) is 8.27. The molecule has 1 saturated heterocycles. The zero-order valence-corrected chi connectivity index (χ0v) is 14.2. The van der Waals surface area contributed by atoms with Crippen LogP contribution in [0.25, 0.3) is 0 Å². The van der Waals surface area contributed by atoms with E-state index in [2.05, 4.69) is 30.5 Å². The van der Waals surface area contributed by atoms with Crippen molar-refractivity contribution in [2.45, 2.75) is 25.4 Å². The molecule has 0 radical (unpaired) electrons. The van der Waals surface area contributed by atoms with Crippen molar-refractivity contribution in [1.82, 2.24) is 25.6 Å². The Balaban J connectivity index is 1.49. The van der Waals surface area contributed by atoms with E-state index in [0.29, 0.717) is 24.9 Å². The Hall–Kier alpha value is -2.90. The molecule has 1 aliphatic heterocycles. The zero-order valence-electron chi connectivity index (χ0n) is 14.2. The molecule has 2 aromatic rings. The van der Waals surface area contributed by atoms with Gasteiger partial charge in [-0.05, 0) is 25.0 Å². The first-order chi connectivity index (χ1) is 12.2. The lowest BCUT2D eigenvalue weighted by molar-refractivity contribution is 0.234. The zero-order chi connectivity index (χ0) is 17.5. The van der Waals surface area contributed by atoms with Crippen molar-refractivity contribution in [3.63, 3.8) is 0 Å². The van der Waals surface area contributed by atoms with Crippen molar-refractivity contribution >= 4 is 12.0 Å². The van der Waals surface area contributed by atoms with Crippen molar-refractivity contribution in [3.8, 4) is 5.88 Å². The number of hydrogen-bond donors (Lipinski definition) is 2. The fourth-order valence-electron chi connectivity index (χ4n) is 2.81. The molecule has 1 atom stereocenters. The number of nitrogens with one attached hydrogen (secondary N) is 2. The lowest BCUT2D eigenvalue weighted by atomic mass is 10.1. The van der Waals surface area contributed by atoms with Gasteiger partial charge in [0, 0.05) is 37.6 Å². The van der Waals surface area contributed by atoms with Crippen molar-refractivity contribution < 1.29 is 9.53 Å². The number of carbonyl (C=O) groups excluding carboxylic acids is 1. The molecule has 0 spiro atoms. The van der Waals surface area contributed by atoms with Crippen LogP contribution in [0.3, 0.4) is 0 Å². The average molecular weight is 342 g/mol. The predicted molar refractivity (Wildman–Crippen MR) is 93.4 cm³/mol. The number of piperidine rings is 1. The molecule has 8 nitrogen and oxygen atoms in total. The molecule has 0 saturated carbocycles. The van der Waals surface area contributed by atoms with Gasteiger partial charge in [0.2, 0.25) is 11.8 Å². The number of anilines is 1. The van der Waals surface area contributed by atoms with E-state index in [4.69, 9.17) is 4.74 Å². The van der Waals surface area contributed by atoms with Gasteiger partial charge in [-0.3, -0.25) is 0 Å². The first kappa shape index (κ1) is 16.9. The number of nitrogens with zero attached hydrogens (tertiary/aromatic N) is 4. The summed E-state index contributed by atoms with van der Waals surface area (Å²) in [4.78, 5) is 27.1. The minimum Gasteiger partial charge on any atom is -0.481 e. The highest BCUT2D eigenvalue weighted by Crippen LogP contribution is 2.15. The maximum absolute atomic E-state index is 12.2. The molecule has 8 heteroatoms. The number of methoxy groups -OCH3 is 1. The van der Waals surface area contributed by atoms with E-state index >= 15 is 0 Å². The normalized spacial score (nSPS) is 17.0. The van der Waals surface area contributed by atoms with E-state index in [1.807, 2.05) is 12.1 Å². The fourth-order valence-corrected chi connectivity index (χ4v) is 2.81. The predicted octanol–water partition coefficient (Wildman–Crippen LogP) is 1.35. The highest BCUT2D eigenvalue weighted by molar-refractivity contribution is 5.74. The quantitative estimate of drug-likeness (QED) is 0.852. The van der Waals surface area contributed by atoms with Crippen molar-refractivity contribution in [2.24, 2.45) is 0 Å². The van der Waals surface area contributed by atoms with Crippen LogP contribution in [-0.4, -0.2) is 47.2 Å². The molecule has 0 aromatic carbocycles. The third kappa shape index (κ3) is 4.79. The van der Waals surface area contributed by atoms with Gasteiger partial charge in [0.25, 0.3) is 0 Å². The second-order valence-electron chi connectivity index (χ2n) is 5.83. The van der Waals surface area contributed by atoms with Crippen LogP contribution >= 0.6 is 0 Å². The number of rotatable bonds is 5. The molecule has 132 valence electrons. The van der Waals surface area contributed by atoms with Gasteiger partial charge < -0.3 is 20.3 Å². The molecule has 25 heavy (non-hydrogen) atoms. The number of ether oxygens (including phenoxy) is 1. The summed E-state index contributed by atoms with van der Waals surface area (Å²) in [6, 6.07) is 7.12. The largest absolute Gasteiger partial charge is 0.481 e. The third-order valence-electron chi connectivity index (χ3n) is 4.01. The Kier molecular flexibility index (Phi) is 5.61. The van der Waals surface area contributed by atoms with E-state index in [1.165, 1.54) is 0 Å². The van der Waals surface area contributed by atoms with E-state index in [0.717, 1.165) is 25.1 Å². The molecule has 0 bridgehead atoms. The Labute approximate surface area is 146 Å². The summed E-state index contributed by atoms with van der Waals surface area (Å²) in [5.74, 6) is 1.24. The molecule has 1 aliphatic rings. The molecule has 0 unspecified atom stereocenters. The minimum absolute atomic E-state index is 0.0656. The average Bonchev–Trinajstić information content (AvgIpc) is 2.67. The maximum Gasteiger partial charge on any atom is 0.315 e. The molecule has 1 fully saturated rings. The molecular formula is C17H22N6O2. The number of urea groups is 1. The summed E-state index contributed by atoms with van der Waals surface area (Å²) in [5, 5.41) is 5.85. The molecule has 3 heterocycles. The van der Waals surface area contributed by atoms with Gasteiger partial charge in [-0.25, -0.2) is 19.7 Å². The molecule has 0 aliphatic carbocycles. The van der Waals surface area contributed by atoms with E-state index in [9.17, 15) is 4.79 Å². The van der Waals surface area contributed by atoms with Crippen molar-refractivity contribution in [1.29, 1.82) is 0 Å². The standard InChI is InChI=1S/C17H22N6O2/c1-25-15-7-2-5-13(21-15)11-20-17(24)22-14-6-3-10-23(12-14)16-18-8-4-9-19-16/h2,4-5,7-9,14H,3,6,10-12H2,1H3,(H2,20,22,24)/t14-/m1/s1. The van der Waals surface area contributed by atoms with E-state index in [1.54, 1.807) is 31.6 Å². The van der Waals surface area contributed by atoms with Gasteiger partial charge in [-0.1, -0.05) is 6.07 Å². The van der Waals surface area contributed by atoms with Crippen LogP contribution in [0.4, 0.5) is 10.7 Å². The lowest BCUT2D eigenvalue weighted by Crippen LogP contribution is -2.50. The molecule has 2 amide bonds. The summed E-state index contributed by atoms with van der Waals surface area (Å²) < 4.78 is 5.08.